The summed E-state index contributed by atoms with van der Waals surface area (Å²) in [4.78, 5) is 0. The summed E-state index contributed by atoms with van der Waals surface area (Å²) in [6, 6.07) is 0.501. The summed E-state index contributed by atoms with van der Waals surface area (Å²) < 4.78 is 1.98. The van der Waals surface area contributed by atoms with Gasteiger partial charge < -0.3 is 5.73 Å². The quantitative estimate of drug-likeness (QED) is 0.749. The van der Waals surface area contributed by atoms with Crippen molar-refractivity contribution >= 4 is 5.69 Å². The first kappa shape index (κ1) is 9.10. The first-order valence-electron chi connectivity index (χ1n) is 4.50. The van der Waals surface area contributed by atoms with E-state index >= 15 is 0 Å². The third-order valence-electron chi connectivity index (χ3n) is 2.27. The van der Waals surface area contributed by atoms with Crippen LogP contribution in [0.4, 0.5) is 5.69 Å². The summed E-state index contributed by atoms with van der Waals surface area (Å²) in [5.41, 5.74) is 7.43. The first-order chi connectivity index (χ1) is 5.69. The van der Waals surface area contributed by atoms with Crippen molar-refractivity contribution in [2.24, 2.45) is 0 Å². The Balaban J connectivity index is 2.86. The lowest BCUT2D eigenvalue weighted by Crippen LogP contribution is -2.07. The maximum Gasteiger partial charge on any atom is 0.0823 e. The molecule has 0 aliphatic carbocycles. The second-order valence-corrected chi connectivity index (χ2v) is 3.12. The number of nitrogen functional groups attached to an aromatic ring is 1. The van der Waals surface area contributed by atoms with Crippen LogP contribution < -0.4 is 5.73 Å². The minimum Gasteiger partial charge on any atom is -0.396 e. The van der Waals surface area contributed by atoms with Gasteiger partial charge in [0, 0.05) is 6.20 Å². The highest BCUT2D eigenvalue weighted by molar-refractivity contribution is 5.39. The maximum atomic E-state index is 5.70. The van der Waals surface area contributed by atoms with Gasteiger partial charge in [0.2, 0.25) is 0 Å². The van der Waals surface area contributed by atoms with Gasteiger partial charge in [-0.1, -0.05) is 13.8 Å². The van der Waals surface area contributed by atoms with Crippen LogP contribution in [0.2, 0.25) is 0 Å². The third-order valence-corrected chi connectivity index (χ3v) is 2.27. The highest BCUT2D eigenvalue weighted by Crippen LogP contribution is 2.17. The molecular weight excluding hydrogens is 150 g/mol. The first-order valence-corrected chi connectivity index (χ1v) is 4.50. The Morgan fingerprint density at radius 1 is 1.50 bits per heavy atom. The standard InChI is InChI=1S/C9H17N3/c1-4-8(5-2)12-6-9(10)7(3)11-12/h6,8H,4-5,10H2,1-3H3. The lowest BCUT2D eigenvalue weighted by atomic mass is 10.2. The molecule has 1 aromatic heterocycles. The molecule has 2 N–H and O–H groups in total. The lowest BCUT2D eigenvalue weighted by molar-refractivity contribution is 0.427. The van der Waals surface area contributed by atoms with Crippen LogP contribution in [0.15, 0.2) is 6.20 Å². The summed E-state index contributed by atoms with van der Waals surface area (Å²) in [5.74, 6) is 0. The van der Waals surface area contributed by atoms with Crippen molar-refractivity contribution in [3.05, 3.63) is 11.9 Å². The van der Waals surface area contributed by atoms with Crippen LogP contribution in [0.25, 0.3) is 0 Å². The van der Waals surface area contributed by atoms with Gasteiger partial charge in [0.25, 0.3) is 0 Å². The van der Waals surface area contributed by atoms with Crippen LogP contribution in [0.5, 0.6) is 0 Å². The van der Waals surface area contributed by atoms with Crippen LogP contribution >= 0.6 is 0 Å². The molecule has 0 spiro atoms. The molecule has 1 rings (SSSR count). The van der Waals surface area contributed by atoms with Gasteiger partial charge in [0.1, 0.15) is 0 Å². The molecule has 0 bridgehead atoms. The van der Waals surface area contributed by atoms with E-state index in [1.807, 2.05) is 17.8 Å². The molecule has 0 atom stereocenters. The molecule has 1 heterocycles. The normalized spacial score (nSPS) is 11.0. The minimum absolute atomic E-state index is 0.501. The number of aryl methyl sites for hydroxylation is 1. The Bertz CT molecular complexity index is 229. The summed E-state index contributed by atoms with van der Waals surface area (Å²) in [7, 11) is 0. The highest BCUT2D eigenvalue weighted by Gasteiger charge is 2.08. The highest BCUT2D eigenvalue weighted by atomic mass is 15.3. The number of hydrogen-bond donors (Lipinski definition) is 1. The molecule has 3 nitrogen and oxygen atoms in total. The largest absolute Gasteiger partial charge is 0.396 e. The average Bonchev–Trinajstić information content (AvgIpc) is 2.35. The van der Waals surface area contributed by atoms with Crippen LogP contribution in [0, 0.1) is 6.92 Å². The smallest absolute Gasteiger partial charge is 0.0823 e. The molecule has 1 aromatic rings. The molecule has 0 unspecified atom stereocenters. The van der Waals surface area contributed by atoms with Gasteiger partial charge in [-0.05, 0) is 19.8 Å². The fourth-order valence-electron chi connectivity index (χ4n) is 1.35. The van der Waals surface area contributed by atoms with Crippen molar-refractivity contribution in [1.82, 2.24) is 9.78 Å². The fourth-order valence-corrected chi connectivity index (χ4v) is 1.35. The van der Waals surface area contributed by atoms with E-state index in [2.05, 4.69) is 18.9 Å². The number of nitrogens with zero attached hydrogens (tertiary/aromatic N) is 2. The zero-order chi connectivity index (χ0) is 9.14. The second-order valence-electron chi connectivity index (χ2n) is 3.12. The Labute approximate surface area is 73.6 Å². The molecule has 0 aliphatic heterocycles. The van der Waals surface area contributed by atoms with Gasteiger partial charge in [-0.25, -0.2) is 0 Å². The molecule has 0 amide bonds. The van der Waals surface area contributed by atoms with E-state index in [1.165, 1.54) is 0 Å². The summed E-state index contributed by atoms with van der Waals surface area (Å²) in [5, 5.41) is 4.34. The van der Waals surface area contributed by atoms with Crippen molar-refractivity contribution in [3.63, 3.8) is 0 Å². The number of rotatable bonds is 3. The Morgan fingerprint density at radius 2 is 2.08 bits per heavy atom. The van der Waals surface area contributed by atoms with Crippen molar-refractivity contribution < 1.29 is 0 Å². The predicted octanol–water partition coefficient (Wildman–Crippen LogP) is 2.13. The molecule has 0 aliphatic rings. The molecular formula is C9H17N3. The zero-order valence-electron chi connectivity index (χ0n) is 8.04. The molecule has 12 heavy (non-hydrogen) atoms. The number of hydrogen-bond acceptors (Lipinski definition) is 2. The van der Waals surface area contributed by atoms with Crippen molar-refractivity contribution in [2.75, 3.05) is 5.73 Å². The Morgan fingerprint density at radius 3 is 2.42 bits per heavy atom. The SMILES string of the molecule is CCC(CC)n1cc(N)c(C)n1. The summed E-state index contributed by atoms with van der Waals surface area (Å²) in [6.07, 6.45) is 4.14. The van der Waals surface area contributed by atoms with Crippen molar-refractivity contribution in [3.8, 4) is 0 Å². The molecule has 0 saturated carbocycles. The number of anilines is 1. The molecule has 0 fully saturated rings. The van der Waals surface area contributed by atoms with Gasteiger partial charge in [-0.15, -0.1) is 0 Å². The van der Waals surface area contributed by atoms with Gasteiger partial charge >= 0.3 is 0 Å². The van der Waals surface area contributed by atoms with E-state index < -0.39 is 0 Å². The monoisotopic (exact) mass is 167 g/mol. The van der Waals surface area contributed by atoms with Crippen molar-refractivity contribution in [2.45, 2.75) is 39.7 Å². The molecule has 68 valence electrons. The third kappa shape index (κ3) is 1.60. The van der Waals surface area contributed by atoms with Gasteiger partial charge in [0.15, 0.2) is 0 Å². The van der Waals surface area contributed by atoms with Crippen LogP contribution in [-0.2, 0) is 0 Å². The average molecular weight is 167 g/mol. The molecule has 0 radical (unpaired) electrons. The zero-order valence-corrected chi connectivity index (χ0v) is 8.04. The Kier molecular flexibility index (Phi) is 2.74. The van der Waals surface area contributed by atoms with E-state index in [0.717, 1.165) is 24.2 Å². The van der Waals surface area contributed by atoms with Crippen LogP contribution in [-0.4, -0.2) is 9.78 Å². The second kappa shape index (κ2) is 3.61. The molecule has 0 saturated heterocycles. The topological polar surface area (TPSA) is 43.8 Å². The van der Waals surface area contributed by atoms with E-state index in [0.29, 0.717) is 6.04 Å². The van der Waals surface area contributed by atoms with Gasteiger partial charge in [-0.3, -0.25) is 4.68 Å². The Hall–Kier alpha value is -0.990. The lowest BCUT2D eigenvalue weighted by Gasteiger charge is -2.11. The van der Waals surface area contributed by atoms with Crippen molar-refractivity contribution in [1.29, 1.82) is 0 Å². The number of nitrogens with two attached hydrogens (primary N) is 1. The summed E-state index contributed by atoms with van der Waals surface area (Å²) in [6.45, 7) is 6.27. The minimum atomic E-state index is 0.501. The number of aromatic nitrogens is 2. The van der Waals surface area contributed by atoms with E-state index in [-0.39, 0.29) is 0 Å². The molecule has 0 aromatic carbocycles. The van der Waals surface area contributed by atoms with E-state index in [1.54, 1.807) is 0 Å². The van der Waals surface area contributed by atoms with Crippen LogP contribution in [0.1, 0.15) is 38.4 Å². The fraction of sp³-hybridized carbons (Fsp3) is 0.667. The van der Waals surface area contributed by atoms with Gasteiger partial charge in [-0.2, -0.15) is 5.10 Å². The molecule has 3 heteroatoms. The summed E-state index contributed by atoms with van der Waals surface area (Å²) >= 11 is 0. The van der Waals surface area contributed by atoms with Crippen LogP contribution in [0.3, 0.4) is 0 Å². The van der Waals surface area contributed by atoms with Gasteiger partial charge in [0.05, 0.1) is 17.4 Å². The maximum absolute atomic E-state index is 5.70. The predicted molar refractivity (Wildman–Crippen MR) is 51.0 cm³/mol. The van der Waals surface area contributed by atoms with E-state index in [4.69, 9.17) is 5.73 Å². The van der Waals surface area contributed by atoms with E-state index in [9.17, 15) is 0 Å².